The van der Waals surface area contributed by atoms with Crippen LogP contribution < -0.4 is 9.47 Å². The number of Topliss-reactive ketones (excluding diaryl/α,β-unsaturated/α-hetero) is 1. The maximum absolute atomic E-state index is 13.1. The van der Waals surface area contributed by atoms with Gasteiger partial charge < -0.3 is 29.9 Å². The fourth-order valence-electron chi connectivity index (χ4n) is 3.43. The molecule has 0 unspecified atom stereocenters. The van der Waals surface area contributed by atoms with Crippen LogP contribution in [0.1, 0.15) is 47.7 Å². The van der Waals surface area contributed by atoms with Crippen LogP contribution in [-0.2, 0) is 6.42 Å². The Labute approximate surface area is 162 Å². The van der Waals surface area contributed by atoms with E-state index in [9.17, 15) is 25.2 Å². The molecule has 0 fully saturated rings. The van der Waals surface area contributed by atoms with Gasteiger partial charge in [-0.2, -0.15) is 0 Å². The number of phenolic OH excluding ortho intramolecular Hbond substituents is 3. The van der Waals surface area contributed by atoms with Crippen LogP contribution in [0, 0.1) is 0 Å². The molecule has 2 aromatic carbocycles. The lowest BCUT2D eigenvalue weighted by molar-refractivity contribution is 0.0710. The number of hydrogen-bond donors (Lipinski definition) is 4. The highest BCUT2D eigenvalue weighted by molar-refractivity contribution is 6.07. The number of ketones is 1. The Morgan fingerprint density at radius 2 is 1.89 bits per heavy atom. The first-order valence-corrected chi connectivity index (χ1v) is 8.96. The molecule has 3 rings (SSSR count). The van der Waals surface area contributed by atoms with Gasteiger partial charge in [0.25, 0.3) is 0 Å². The summed E-state index contributed by atoms with van der Waals surface area (Å²) in [5.74, 6) is -1.17. The zero-order valence-corrected chi connectivity index (χ0v) is 16.0. The quantitative estimate of drug-likeness (QED) is 0.622. The van der Waals surface area contributed by atoms with Gasteiger partial charge in [-0.3, -0.25) is 4.79 Å². The van der Waals surface area contributed by atoms with E-state index in [2.05, 4.69) is 0 Å². The normalized spacial score (nSPS) is 16.4. The summed E-state index contributed by atoms with van der Waals surface area (Å²) in [6.45, 7) is 3.35. The van der Waals surface area contributed by atoms with Crippen molar-refractivity contribution in [3.63, 3.8) is 0 Å². The summed E-state index contributed by atoms with van der Waals surface area (Å²) in [7, 11) is 1.45. The van der Waals surface area contributed by atoms with Gasteiger partial charge in [-0.1, -0.05) is 6.07 Å². The van der Waals surface area contributed by atoms with Crippen molar-refractivity contribution in [2.75, 3.05) is 13.7 Å². The number of carbonyl (C=O) groups is 1. The number of aliphatic hydroxyl groups is 1. The third-order valence-electron chi connectivity index (χ3n) is 4.87. The van der Waals surface area contributed by atoms with Crippen molar-refractivity contribution in [2.45, 2.75) is 38.2 Å². The molecule has 4 N–H and O–H groups in total. The largest absolute Gasteiger partial charge is 0.508 e. The molecule has 1 atom stereocenters. The first-order valence-electron chi connectivity index (χ1n) is 8.96. The number of fused-ring (bicyclic) bond motifs is 1. The number of ether oxygens (including phenoxy) is 2. The van der Waals surface area contributed by atoms with Gasteiger partial charge in [0.2, 0.25) is 0 Å². The molecule has 28 heavy (non-hydrogen) atoms. The van der Waals surface area contributed by atoms with Gasteiger partial charge in [-0.25, -0.2) is 0 Å². The third kappa shape index (κ3) is 3.71. The predicted molar refractivity (Wildman–Crippen MR) is 102 cm³/mol. The summed E-state index contributed by atoms with van der Waals surface area (Å²) in [5, 5.41) is 40.0. The molecule has 0 aromatic heterocycles. The molecular formula is C21H24O7. The fourth-order valence-corrected chi connectivity index (χ4v) is 3.43. The zero-order valence-electron chi connectivity index (χ0n) is 16.0. The average molecular weight is 388 g/mol. The van der Waals surface area contributed by atoms with Crippen LogP contribution in [0.4, 0.5) is 0 Å². The average Bonchev–Trinajstić information content (AvgIpc) is 2.59. The molecule has 0 saturated heterocycles. The highest BCUT2D eigenvalue weighted by Gasteiger charge is 2.35. The summed E-state index contributed by atoms with van der Waals surface area (Å²) in [5.41, 5.74) is 0.0938. The first-order chi connectivity index (χ1) is 13.1. The minimum atomic E-state index is -0.927. The van der Waals surface area contributed by atoms with Gasteiger partial charge >= 0.3 is 0 Å². The summed E-state index contributed by atoms with van der Waals surface area (Å²) < 4.78 is 11.1. The van der Waals surface area contributed by atoms with Crippen molar-refractivity contribution < 1.29 is 34.7 Å². The molecule has 7 heteroatoms. The van der Waals surface area contributed by atoms with E-state index in [1.165, 1.54) is 19.2 Å². The van der Waals surface area contributed by atoms with Crippen molar-refractivity contribution in [3.05, 3.63) is 41.0 Å². The van der Waals surface area contributed by atoms with E-state index in [0.717, 1.165) is 6.07 Å². The highest BCUT2D eigenvalue weighted by atomic mass is 16.5. The van der Waals surface area contributed by atoms with Gasteiger partial charge in [0.15, 0.2) is 5.78 Å². The van der Waals surface area contributed by atoms with Gasteiger partial charge in [0.05, 0.1) is 18.6 Å². The molecule has 7 nitrogen and oxygen atoms in total. The monoisotopic (exact) mass is 388 g/mol. The molecular weight excluding hydrogens is 364 g/mol. The molecule has 0 radical (unpaired) electrons. The lowest BCUT2D eigenvalue weighted by Crippen LogP contribution is -2.27. The Morgan fingerprint density at radius 3 is 2.54 bits per heavy atom. The predicted octanol–water partition coefficient (Wildman–Crippen LogP) is 2.87. The second-order valence-corrected chi connectivity index (χ2v) is 7.56. The van der Waals surface area contributed by atoms with Crippen LogP contribution in [0.3, 0.4) is 0 Å². The Morgan fingerprint density at radius 1 is 1.18 bits per heavy atom. The maximum Gasteiger partial charge on any atom is 0.181 e. The molecule has 0 bridgehead atoms. The number of methoxy groups -OCH3 is 1. The van der Waals surface area contributed by atoms with Crippen LogP contribution >= 0.6 is 0 Å². The Kier molecular flexibility index (Phi) is 5.12. The second-order valence-electron chi connectivity index (χ2n) is 7.56. The lowest BCUT2D eigenvalue weighted by Gasteiger charge is -2.27. The summed E-state index contributed by atoms with van der Waals surface area (Å²) in [6.07, 6.45) is 0.738. The maximum atomic E-state index is 13.1. The molecule has 1 heterocycles. The Balaban J connectivity index is 2.03. The number of benzene rings is 2. The molecule has 0 spiro atoms. The van der Waals surface area contributed by atoms with Crippen molar-refractivity contribution >= 4 is 5.78 Å². The molecule has 150 valence electrons. The second kappa shape index (κ2) is 7.24. The summed E-state index contributed by atoms with van der Waals surface area (Å²) in [4.78, 5) is 13.1. The molecule has 1 aliphatic rings. The van der Waals surface area contributed by atoms with E-state index in [1.807, 2.05) is 0 Å². The molecule has 0 saturated carbocycles. The highest BCUT2D eigenvalue weighted by Crippen LogP contribution is 2.44. The van der Waals surface area contributed by atoms with E-state index in [0.29, 0.717) is 29.7 Å². The van der Waals surface area contributed by atoms with Gasteiger partial charge in [0, 0.05) is 23.3 Å². The van der Waals surface area contributed by atoms with Crippen LogP contribution in [0.5, 0.6) is 28.7 Å². The van der Waals surface area contributed by atoms with Crippen LogP contribution in [-0.4, -0.2) is 45.5 Å². The van der Waals surface area contributed by atoms with Crippen LogP contribution in [0.2, 0.25) is 0 Å². The van der Waals surface area contributed by atoms with E-state index >= 15 is 0 Å². The van der Waals surface area contributed by atoms with Gasteiger partial charge in [-0.05, 0) is 32.8 Å². The SMILES string of the molecule is COc1c([C@@H]2COc3cc(O)cc(O)c3C2=O)ccc(O)c1CCC(C)(C)O. The van der Waals surface area contributed by atoms with Gasteiger partial charge in [0.1, 0.15) is 40.9 Å². The first kappa shape index (κ1) is 19.8. The molecule has 0 amide bonds. The molecule has 2 aromatic rings. The Bertz CT molecular complexity index is 912. The minimum Gasteiger partial charge on any atom is -0.508 e. The van der Waals surface area contributed by atoms with Crippen molar-refractivity contribution in [1.29, 1.82) is 0 Å². The number of carbonyl (C=O) groups excluding carboxylic acids is 1. The van der Waals surface area contributed by atoms with Crippen LogP contribution in [0.25, 0.3) is 0 Å². The third-order valence-corrected chi connectivity index (χ3v) is 4.87. The van der Waals surface area contributed by atoms with Gasteiger partial charge in [-0.15, -0.1) is 0 Å². The van der Waals surface area contributed by atoms with Crippen molar-refractivity contribution in [2.24, 2.45) is 0 Å². The van der Waals surface area contributed by atoms with Crippen molar-refractivity contribution in [1.82, 2.24) is 0 Å². The van der Waals surface area contributed by atoms with E-state index < -0.39 is 11.5 Å². The van der Waals surface area contributed by atoms with E-state index in [-0.39, 0.29) is 41.0 Å². The number of hydrogen-bond acceptors (Lipinski definition) is 7. The standard InChI is InChI=1S/C21H24O7/c1-21(2,26)7-6-13-15(23)5-4-12(20(13)27-3)14-10-28-17-9-11(22)8-16(24)18(17)19(14)25/h4-5,8-9,14,22-24,26H,6-7,10H2,1-3H3/t14-/m0/s1. The Hall–Kier alpha value is -2.93. The number of aromatic hydroxyl groups is 3. The summed E-state index contributed by atoms with van der Waals surface area (Å²) >= 11 is 0. The lowest BCUT2D eigenvalue weighted by atomic mass is 9.85. The van der Waals surface area contributed by atoms with E-state index in [4.69, 9.17) is 9.47 Å². The number of phenols is 3. The van der Waals surface area contributed by atoms with Crippen molar-refractivity contribution in [3.8, 4) is 28.7 Å². The van der Waals surface area contributed by atoms with E-state index in [1.54, 1.807) is 19.9 Å². The van der Waals surface area contributed by atoms with Crippen LogP contribution in [0.15, 0.2) is 24.3 Å². The summed E-state index contributed by atoms with van der Waals surface area (Å²) in [6, 6.07) is 5.45. The molecule has 0 aliphatic carbocycles. The fraction of sp³-hybridized carbons (Fsp3) is 0.381. The topological polar surface area (TPSA) is 116 Å². The smallest absolute Gasteiger partial charge is 0.181 e. The zero-order chi connectivity index (χ0) is 20.6. The minimum absolute atomic E-state index is 0.000789. The molecule has 1 aliphatic heterocycles. The number of rotatable bonds is 5.